The number of rotatable bonds is 7. The summed E-state index contributed by atoms with van der Waals surface area (Å²) < 4.78 is 25.0. The predicted molar refractivity (Wildman–Crippen MR) is 81.1 cm³/mol. The van der Waals surface area contributed by atoms with Gasteiger partial charge in [0.05, 0.1) is 13.2 Å². The third-order valence-electron chi connectivity index (χ3n) is 3.51. The fraction of sp³-hybridized carbons (Fsp3) is 0.625. The molecule has 5 heteroatoms. The third-order valence-corrected chi connectivity index (χ3v) is 3.51. The van der Waals surface area contributed by atoms with Gasteiger partial charge >= 0.3 is 0 Å². The number of benzene rings is 1. The second-order valence-electron chi connectivity index (χ2n) is 5.57. The van der Waals surface area contributed by atoms with E-state index in [9.17, 15) is 4.39 Å². The maximum absolute atomic E-state index is 14.0. The first-order valence-electron chi connectivity index (χ1n) is 7.60. The average Bonchev–Trinajstić information content (AvgIpc) is 2.48. The molecule has 0 amide bonds. The standard InChI is InChI=1S/C16H25FN2O2/c1-13(2)18-12-14-4-3-5-15(17)16(14)21-11-8-19-6-9-20-10-7-19/h3-5,13,18H,6-12H2,1-2H3. The lowest BCUT2D eigenvalue weighted by atomic mass is 10.2. The highest BCUT2D eigenvalue weighted by molar-refractivity contribution is 5.35. The van der Waals surface area contributed by atoms with Crippen molar-refractivity contribution < 1.29 is 13.9 Å². The highest BCUT2D eigenvalue weighted by Gasteiger charge is 2.13. The van der Waals surface area contributed by atoms with E-state index in [1.807, 2.05) is 6.07 Å². The van der Waals surface area contributed by atoms with Crippen LogP contribution >= 0.6 is 0 Å². The van der Waals surface area contributed by atoms with E-state index >= 15 is 0 Å². The smallest absolute Gasteiger partial charge is 0.165 e. The average molecular weight is 296 g/mol. The summed E-state index contributed by atoms with van der Waals surface area (Å²) in [6.07, 6.45) is 0. The number of hydrogen-bond acceptors (Lipinski definition) is 4. The summed E-state index contributed by atoms with van der Waals surface area (Å²) in [7, 11) is 0. The summed E-state index contributed by atoms with van der Waals surface area (Å²) in [6.45, 7) is 9.42. The van der Waals surface area contributed by atoms with Gasteiger partial charge < -0.3 is 14.8 Å². The van der Waals surface area contributed by atoms with Crippen molar-refractivity contribution in [1.82, 2.24) is 10.2 Å². The lowest BCUT2D eigenvalue weighted by Gasteiger charge is -2.26. The van der Waals surface area contributed by atoms with Crippen LogP contribution in [0.2, 0.25) is 0 Å². The Balaban J connectivity index is 1.88. The number of morpholine rings is 1. The van der Waals surface area contributed by atoms with Crippen molar-refractivity contribution in [3.63, 3.8) is 0 Å². The number of nitrogens with one attached hydrogen (secondary N) is 1. The molecule has 0 aliphatic carbocycles. The van der Waals surface area contributed by atoms with Crippen LogP contribution in [0.4, 0.5) is 4.39 Å². The van der Waals surface area contributed by atoms with E-state index in [0.29, 0.717) is 24.9 Å². The zero-order valence-corrected chi connectivity index (χ0v) is 12.9. The minimum Gasteiger partial charge on any atom is -0.489 e. The monoisotopic (exact) mass is 296 g/mol. The van der Waals surface area contributed by atoms with Gasteiger partial charge in [-0.05, 0) is 6.07 Å². The Morgan fingerprint density at radius 3 is 2.81 bits per heavy atom. The minimum absolute atomic E-state index is 0.292. The molecule has 1 aromatic carbocycles. The number of ether oxygens (including phenoxy) is 2. The number of halogens is 1. The molecule has 21 heavy (non-hydrogen) atoms. The van der Waals surface area contributed by atoms with Crippen LogP contribution in [0.3, 0.4) is 0 Å². The summed E-state index contributed by atoms with van der Waals surface area (Å²) in [5.74, 6) is 0.0824. The van der Waals surface area contributed by atoms with Crippen LogP contribution < -0.4 is 10.1 Å². The molecule has 0 radical (unpaired) electrons. The molecular formula is C16H25FN2O2. The van der Waals surface area contributed by atoms with Crippen molar-refractivity contribution in [1.29, 1.82) is 0 Å². The molecular weight excluding hydrogens is 271 g/mol. The molecule has 0 atom stereocenters. The van der Waals surface area contributed by atoms with Crippen LogP contribution in [0.1, 0.15) is 19.4 Å². The molecule has 1 aliphatic rings. The minimum atomic E-state index is -0.292. The van der Waals surface area contributed by atoms with Crippen molar-refractivity contribution >= 4 is 0 Å². The van der Waals surface area contributed by atoms with Crippen LogP contribution in [0.5, 0.6) is 5.75 Å². The largest absolute Gasteiger partial charge is 0.489 e. The van der Waals surface area contributed by atoms with Crippen LogP contribution in [0.25, 0.3) is 0 Å². The molecule has 0 spiro atoms. The molecule has 1 N–H and O–H groups in total. The molecule has 1 fully saturated rings. The molecule has 0 bridgehead atoms. The van der Waals surface area contributed by atoms with E-state index in [1.165, 1.54) is 6.07 Å². The highest BCUT2D eigenvalue weighted by Crippen LogP contribution is 2.22. The topological polar surface area (TPSA) is 33.7 Å². The zero-order valence-electron chi connectivity index (χ0n) is 12.9. The Hall–Kier alpha value is -1.17. The summed E-state index contributed by atoms with van der Waals surface area (Å²) in [6, 6.07) is 5.43. The van der Waals surface area contributed by atoms with E-state index in [1.54, 1.807) is 6.07 Å². The number of hydrogen-bond donors (Lipinski definition) is 1. The van der Waals surface area contributed by atoms with Crippen molar-refractivity contribution in [3.05, 3.63) is 29.6 Å². The van der Waals surface area contributed by atoms with Crippen LogP contribution in [-0.2, 0) is 11.3 Å². The van der Waals surface area contributed by atoms with Crippen molar-refractivity contribution in [3.8, 4) is 5.75 Å². The Labute approximate surface area is 126 Å². The first kappa shape index (κ1) is 16.2. The molecule has 0 saturated carbocycles. The summed E-state index contributed by atoms with van der Waals surface area (Å²) in [5.41, 5.74) is 0.866. The van der Waals surface area contributed by atoms with E-state index in [4.69, 9.17) is 9.47 Å². The summed E-state index contributed by atoms with van der Waals surface area (Å²) in [5, 5.41) is 3.30. The van der Waals surface area contributed by atoms with Crippen molar-refractivity contribution in [2.45, 2.75) is 26.4 Å². The maximum atomic E-state index is 14.0. The van der Waals surface area contributed by atoms with E-state index in [-0.39, 0.29) is 5.82 Å². The van der Waals surface area contributed by atoms with Crippen LogP contribution in [-0.4, -0.2) is 50.4 Å². The summed E-state index contributed by atoms with van der Waals surface area (Å²) in [4.78, 5) is 2.27. The Morgan fingerprint density at radius 2 is 2.10 bits per heavy atom. The predicted octanol–water partition coefficient (Wildman–Crippen LogP) is 2.03. The van der Waals surface area contributed by atoms with Gasteiger partial charge in [-0.15, -0.1) is 0 Å². The normalized spacial score (nSPS) is 16.4. The fourth-order valence-corrected chi connectivity index (χ4v) is 2.27. The van der Waals surface area contributed by atoms with Gasteiger partial charge in [0.15, 0.2) is 11.6 Å². The molecule has 1 saturated heterocycles. The molecule has 4 nitrogen and oxygen atoms in total. The molecule has 1 heterocycles. The van der Waals surface area contributed by atoms with Gasteiger partial charge in [-0.1, -0.05) is 26.0 Å². The molecule has 118 valence electrons. The van der Waals surface area contributed by atoms with Gasteiger partial charge in [0.25, 0.3) is 0 Å². The van der Waals surface area contributed by atoms with Gasteiger partial charge in [-0.3, -0.25) is 4.90 Å². The second-order valence-corrected chi connectivity index (χ2v) is 5.57. The highest BCUT2D eigenvalue weighted by atomic mass is 19.1. The fourth-order valence-electron chi connectivity index (χ4n) is 2.27. The quantitative estimate of drug-likeness (QED) is 0.835. The Bertz CT molecular complexity index is 434. The van der Waals surface area contributed by atoms with E-state index in [2.05, 4.69) is 24.1 Å². The third kappa shape index (κ3) is 5.26. The van der Waals surface area contributed by atoms with Crippen LogP contribution in [0.15, 0.2) is 18.2 Å². The van der Waals surface area contributed by atoms with E-state index in [0.717, 1.165) is 38.4 Å². The van der Waals surface area contributed by atoms with Gasteiger partial charge in [0.1, 0.15) is 6.61 Å². The molecule has 0 unspecified atom stereocenters. The number of nitrogens with zero attached hydrogens (tertiary/aromatic N) is 1. The van der Waals surface area contributed by atoms with Crippen molar-refractivity contribution in [2.24, 2.45) is 0 Å². The van der Waals surface area contributed by atoms with Crippen LogP contribution in [0, 0.1) is 5.82 Å². The maximum Gasteiger partial charge on any atom is 0.165 e. The molecule has 1 aromatic rings. The second kappa shape index (κ2) is 8.32. The van der Waals surface area contributed by atoms with Gasteiger partial charge in [-0.2, -0.15) is 0 Å². The first-order valence-corrected chi connectivity index (χ1v) is 7.60. The Kier molecular flexibility index (Phi) is 6.42. The molecule has 1 aliphatic heterocycles. The first-order chi connectivity index (χ1) is 10.2. The summed E-state index contributed by atoms with van der Waals surface area (Å²) >= 11 is 0. The molecule has 0 aromatic heterocycles. The van der Waals surface area contributed by atoms with Crippen molar-refractivity contribution in [2.75, 3.05) is 39.5 Å². The van der Waals surface area contributed by atoms with Gasteiger partial charge in [0, 0.05) is 37.8 Å². The Morgan fingerprint density at radius 1 is 1.33 bits per heavy atom. The zero-order chi connectivity index (χ0) is 15.1. The van der Waals surface area contributed by atoms with Gasteiger partial charge in [0.2, 0.25) is 0 Å². The lowest BCUT2D eigenvalue weighted by Crippen LogP contribution is -2.38. The number of para-hydroxylation sites is 1. The lowest BCUT2D eigenvalue weighted by molar-refractivity contribution is 0.0319. The molecule has 2 rings (SSSR count). The SMILES string of the molecule is CC(C)NCc1cccc(F)c1OCCN1CCOCC1. The van der Waals surface area contributed by atoms with E-state index < -0.39 is 0 Å². The van der Waals surface area contributed by atoms with Gasteiger partial charge in [-0.25, -0.2) is 4.39 Å².